The third-order valence-electron chi connectivity index (χ3n) is 4.18. The van der Waals surface area contributed by atoms with Gasteiger partial charge < -0.3 is 14.4 Å². The Labute approximate surface area is 156 Å². The van der Waals surface area contributed by atoms with Gasteiger partial charge in [-0.05, 0) is 48.2 Å². The van der Waals surface area contributed by atoms with Crippen LogP contribution in [0, 0.1) is 0 Å². The Kier molecular flexibility index (Phi) is 5.81. The maximum absolute atomic E-state index is 13.0. The molecule has 1 atom stereocenters. The summed E-state index contributed by atoms with van der Waals surface area (Å²) in [4.78, 5) is 16.0. The summed E-state index contributed by atoms with van der Waals surface area (Å²) in [5.74, 6) is 2.37. The number of methoxy groups -OCH3 is 2. The topological polar surface area (TPSA) is 38.8 Å². The average molecular weight is 376 g/mol. The molecule has 0 aromatic heterocycles. The van der Waals surface area contributed by atoms with Gasteiger partial charge in [0.2, 0.25) is 0 Å². The Morgan fingerprint density at radius 1 is 1.12 bits per heavy atom. The number of amides is 1. The van der Waals surface area contributed by atoms with Crippen LogP contribution in [0.5, 0.6) is 11.5 Å². The Bertz CT molecular complexity index is 749. The number of hydrogen-bond donors (Lipinski definition) is 0. The number of carbonyl (C=O) groups is 1. The van der Waals surface area contributed by atoms with Crippen LogP contribution in [-0.2, 0) is 0 Å². The van der Waals surface area contributed by atoms with E-state index in [1.165, 1.54) is 0 Å². The van der Waals surface area contributed by atoms with Gasteiger partial charge in [-0.3, -0.25) is 4.79 Å². The van der Waals surface area contributed by atoms with Gasteiger partial charge in [0.1, 0.15) is 5.37 Å². The van der Waals surface area contributed by atoms with E-state index in [4.69, 9.17) is 9.47 Å². The molecular formula is C19H21NO3S2. The first-order chi connectivity index (χ1) is 12.2. The summed E-state index contributed by atoms with van der Waals surface area (Å²) in [5.41, 5.74) is 1.78. The number of ether oxygens (including phenoxy) is 2. The number of hydrogen-bond acceptors (Lipinski definition) is 5. The summed E-state index contributed by atoms with van der Waals surface area (Å²) in [6.45, 7) is 0.743. The molecule has 1 aliphatic rings. The molecule has 1 amide bonds. The molecule has 25 heavy (non-hydrogen) atoms. The van der Waals surface area contributed by atoms with Crippen LogP contribution in [0.1, 0.15) is 21.3 Å². The molecule has 0 spiro atoms. The quantitative estimate of drug-likeness (QED) is 0.728. The van der Waals surface area contributed by atoms with Gasteiger partial charge in [0.15, 0.2) is 11.5 Å². The van der Waals surface area contributed by atoms with Crippen LogP contribution in [0.2, 0.25) is 0 Å². The fourth-order valence-corrected chi connectivity index (χ4v) is 4.51. The third kappa shape index (κ3) is 3.75. The minimum absolute atomic E-state index is 0.00691. The summed E-state index contributed by atoms with van der Waals surface area (Å²) in [7, 11) is 3.25. The molecule has 132 valence electrons. The average Bonchev–Trinajstić information content (AvgIpc) is 3.16. The summed E-state index contributed by atoms with van der Waals surface area (Å²) in [6.07, 6.45) is 2.03. The third-order valence-corrected chi connectivity index (χ3v) is 6.19. The highest BCUT2D eigenvalue weighted by molar-refractivity contribution is 7.99. The van der Waals surface area contributed by atoms with Crippen molar-refractivity contribution in [3.05, 3.63) is 53.6 Å². The van der Waals surface area contributed by atoms with Crippen molar-refractivity contribution in [1.82, 2.24) is 4.90 Å². The molecule has 3 rings (SSSR count). The Morgan fingerprint density at radius 3 is 2.48 bits per heavy atom. The van der Waals surface area contributed by atoms with Crippen LogP contribution < -0.4 is 9.47 Å². The number of rotatable bonds is 5. The zero-order valence-corrected chi connectivity index (χ0v) is 16.2. The highest BCUT2D eigenvalue weighted by Gasteiger charge is 2.31. The molecular weight excluding hydrogens is 354 g/mol. The van der Waals surface area contributed by atoms with Crippen molar-refractivity contribution in [2.75, 3.05) is 32.8 Å². The Morgan fingerprint density at radius 2 is 1.84 bits per heavy atom. The van der Waals surface area contributed by atoms with Crippen molar-refractivity contribution in [2.45, 2.75) is 10.3 Å². The number of carbonyl (C=O) groups excluding carboxylic acids is 1. The number of nitrogens with zero attached hydrogens (tertiary/aromatic N) is 1. The second-order valence-corrected chi connectivity index (χ2v) is 7.63. The summed E-state index contributed by atoms with van der Waals surface area (Å²) in [6, 6.07) is 13.6. The molecule has 1 fully saturated rings. The smallest absolute Gasteiger partial charge is 0.255 e. The van der Waals surface area contributed by atoms with Crippen LogP contribution in [0.3, 0.4) is 0 Å². The van der Waals surface area contributed by atoms with E-state index < -0.39 is 0 Å². The standard InChI is InChI=1S/C19H21NO3S2/c1-22-16-9-6-14(12-17(16)23-2)19-20(10-11-25-19)18(21)13-4-7-15(24-3)8-5-13/h4-9,12,19H,10-11H2,1-3H3. The van der Waals surface area contributed by atoms with Crippen molar-refractivity contribution in [2.24, 2.45) is 0 Å². The fraction of sp³-hybridized carbons (Fsp3) is 0.316. The summed E-state index contributed by atoms with van der Waals surface area (Å²) < 4.78 is 10.7. The lowest BCUT2D eigenvalue weighted by Crippen LogP contribution is -2.30. The summed E-state index contributed by atoms with van der Waals surface area (Å²) >= 11 is 3.44. The molecule has 1 aliphatic heterocycles. The Hall–Kier alpha value is -1.79. The highest BCUT2D eigenvalue weighted by Crippen LogP contribution is 2.41. The van der Waals surface area contributed by atoms with Crippen LogP contribution in [-0.4, -0.2) is 43.6 Å². The number of thioether (sulfide) groups is 2. The minimum atomic E-state index is -0.00691. The molecule has 0 radical (unpaired) electrons. The van der Waals surface area contributed by atoms with Gasteiger partial charge in [-0.2, -0.15) is 0 Å². The van der Waals surface area contributed by atoms with Crippen molar-refractivity contribution >= 4 is 29.4 Å². The molecule has 4 nitrogen and oxygen atoms in total. The minimum Gasteiger partial charge on any atom is -0.493 e. The van der Waals surface area contributed by atoms with E-state index >= 15 is 0 Å². The van der Waals surface area contributed by atoms with Gasteiger partial charge in [-0.15, -0.1) is 23.5 Å². The molecule has 1 heterocycles. The predicted molar refractivity (Wildman–Crippen MR) is 104 cm³/mol. The zero-order valence-electron chi connectivity index (χ0n) is 14.5. The lowest BCUT2D eigenvalue weighted by atomic mass is 10.1. The van der Waals surface area contributed by atoms with Crippen molar-refractivity contribution in [1.29, 1.82) is 0 Å². The Balaban J connectivity index is 1.85. The van der Waals surface area contributed by atoms with E-state index in [1.54, 1.807) is 37.7 Å². The molecule has 0 saturated carbocycles. The van der Waals surface area contributed by atoms with E-state index in [1.807, 2.05) is 53.6 Å². The largest absolute Gasteiger partial charge is 0.493 e. The SMILES string of the molecule is COc1ccc(C2SCCN2C(=O)c2ccc(SC)cc2)cc1OC. The molecule has 6 heteroatoms. The van der Waals surface area contributed by atoms with E-state index in [9.17, 15) is 4.79 Å². The van der Waals surface area contributed by atoms with E-state index in [2.05, 4.69) is 0 Å². The van der Waals surface area contributed by atoms with E-state index in [0.29, 0.717) is 11.5 Å². The van der Waals surface area contributed by atoms with Gasteiger partial charge in [0.05, 0.1) is 14.2 Å². The molecule has 0 aliphatic carbocycles. The molecule has 2 aromatic carbocycles. The molecule has 0 bridgehead atoms. The maximum Gasteiger partial charge on any atom is 0.255 e. The lowest BCUT2D eigenvalue weighted by molar-refractivity contribution is 0.0760. The van der Waals surface area contributed by atoms with Gasteiger partial charge in [0.25, 0.3) is 5.91 Å². The first-order valence-electron chi connectivity index (χ1n) is 7.96. The van der Waals surface area contributed by atoms with Crippen LogP contribution in [0.4, 0.5) is 0 Å². The fourth-order valence-electron chi connectivity index (χ4n) is 2.86. The van der Waals surface area contributed by atoms with Gasteiger partial charge in [0, 0.05) is 22.8 Å². The number of benzene rings is 2. The zero-order chi connectivity index (χ0) is 17.8. The predicted octanol–water partition coefficient (Wildman–Crippen LogP) is 4.31. The van der Waals surface area contributed by atoms with Crippen LogP contribution >= 0.6 is 23.5 Å². The van der Waals surface area contributed by atoms with Crippen molar-refractivity contribution in [3.63, 3.8) is 0 Å². The first kappa shape index (κ1) is 18.0. The second kappa shape index (κ2) is 8.06. The van der Waals surface area contributed by atoms with Gasteiger partial charge >= 0.3 is 0 Å². The van der Waals surface area contributed by atoms with Gasteiger partial charge in [-0.25, -0.2) is 0 Å². The molecule has 1 saturated heterocycles. The summed E-state index contributed by atoms with van der Waals surface area (Å²) in [5, 5.41) is -0.00691. The van der Waals surface area contributed by atoms with Crippen molar-refractivity contribution in [3.8, 4) is 11.5 Å². The van der Waals surface area contributed by atoms with E-state index in [0.717, 1.165) is 28.3 Å². The van der Waals surface area contributed by atoms with E-state index in [-0.39, 0.29) is 11.3 Å². The van der Waals surface area contributed by atoms with Crippen LogP contribution in [0.25, 0.3) is 0 Å². The normalized spacial score (nSPS) is 16.8. The second-order valence-electron chi connectivity index (χ2n) is 5.56. The van der Waals surface area contributed by atoms with Gasteiger partial charge in [-0.1, -0.05) is 6.07 Å². The maximum atomic E-state index is 13.0. The highest BCUT2D eigenvalue weighted by atomic mass is 32.2. The van der Waals surface area contributed by atoms with Crippen molar-refractivity contribution < 1.29 is 14.3 Å². The van der Waals surface area contributed by atoms with Crippen LogP contribution in [0.15, 0.2) is 47.4 Å². The monoisotopic (exact) mass is 375 g/mol. The molecule has 0 N–H and O–H groups in total. The molecule has 1 unspecified atom stereocenters. The first-order valence-corrected chi connectivity index (χ1v) is 10.2. The lowest BCUT2D eigenvalue weighted by Gasteiger charge is -2.25. The molecule has 2 aromatic rings.